The molecule has 2 aliphatic rings. The fourth-order valence-corrected chi connectivity index (χ4v) is 4.88. The molecule has 0 bridgehead atoms. The first-order valence-electron chi connectivity index (χ1n) is 10.3. The lowest BCUT2D eigenvalue weighted by atomic mass is 9.78. The van der Waals surface area contributed by atoms with Gasteiger partial charge >= 0.3 is 12.0 Å². The molecule has 6 nitrogen and oxygen atoms in total. The lowest BCUT2D eigenvalue weighted by Gasteiger charge is -2.32. The average Bonchev–Trinajstić information content (AvgIpc) is 2.86. The molecule has 0 aromatic heterocycles. The first kappa shape index (κ1) is 21.0. The first-order chi connectivity index (χ1) is 12.3. The Morgan fingerprint density at radius 1 is 1.19 bits per heavy atom. The molecule has 150 valence electrons. The van der Waals surface area contributed by atoms with Crippen LogP contribution in [0.4, 0.5) is 4.79 Å². The van der Waals surface area contributed by atoms with E-state index in [4.69, 9.17) is 5.11 Å². The van der Waals surface area contributed by atoms with Crippen molar-refractivity contribution < 1.29 is 14.7 Å². The molecule has 1 aliphatic heterocycles. The summed E-state index contributed by atoms with van der Waals surface area (Å²) in [5.41, 5.74) is 0.292. The van der Waals surface area contributed by atoms with Crippen molar-refractivity contribution in [2.45, 2.75) is 71.3 Å². The number of nitrogens with one attached hydrogen (secondary N) is 1. The van der Waals surface area contributed by atoms with Crippen molar-refractivity contribution in [3.63, 3.8) is 0 Å². The lowest BCUT2D eigenvalue weighted by molar-refractivity contribution is -0.138. The van der Waals surface area contributed by atoms with Crippen LogP contribution in [0.5, 0.6) is 0 Å². The van der Waals surface area contributed by atoms with E-state index in [9.17, 15) is 9.59 Å². The third kappa shape index (κ3) is 6.15. The van der Waals surface area contributed by atoms with Crippen molar-refractivity contribution in [2.24, 2.45) is 11.3 Å². The fraction of sp³-hybridized carbons (Fsp3) is 0.900. The van der Waals surface area contributed by atoms with Gasteiger partial charge in [-0.25, -0.2) is 4.79 Å². The van der Waals surface area contributed by atoms with E-state index in [0.29, 0.717) is 17.9 Å². The predicted molar refractivity (Wildman–Crippen MR) is 103 cm³/mol. The van der Waals surface area contributed by atoms with E-state index in [1.807, 2.05) is 16.8 Å². The van der Waals surface area contributed by atoms with Gasteiger partial charge in [-0.2, -0.15) is 0 Å². The Hall–Kier alpha value is -1.30. The average molecular weight is 368 g/mol. The number of amides is 2. The molecule has 2 rings (SSSR count). The molecule has 1 saturated heterocycles. The van der Waals surface area contributed by atoms with Crippen LogP contribution in [0.1, 0.15) is 65.2 Å². The van der Waals surface area contributed by atoms with Crippen LogP contribution in [-0.4, -0.2) is 66.2 Å². The van der Waals surface area contributed by atoms with Crippen molar-refractivity contribution in [3.05, 3.63) is 0 Å². The van der Waals surface area contributed by atoms with Gasteiger partial charge in [0.15, 0.2) is 0 Å². The van der Waals surface area contributed by atoms with Gasteiger partial charge in [0, 0.05) is 25.7 Å². The number of aliphatic carboxylic acids is 1. The molecule has 1 atom stereocenters. The molecule has 1 heterocycles. The number of nitrogens with zero attached hydrogens (tertiary/aromatic N) is 2. The van der Waals surface area contributed by atoms with Gasteiger partial charge in [0.2, 0.25) is 0 Å². The van der Waals surface area contributed by atoms with Crippen LogP contribution in [-0.2, 0) is 4.79 Å². The van der Waals surface area contributed by atoms with Crippen LogP contribution in [0.25, 0.3) is 0 Å². The minimum atomic E-state index is -0.793. The second-order valence-corrected chi connectivity index (χ2v) is 8.84. The first-order valence-corrected chi connectivity index (χ1v) is 10.3. The molecule has 1 saturated carbocycles. The highest BCUT2D eigenvalue weighted by molar-refractivity contribution is 5.74. The highest BCUT2D eigenvalue weighted by atomic mass is 16.4. The number of likely N-dealkylation sites (N-methyl/N-ethyl adjacent to an activating group) is 1. The Morgan fingerprint density at radius 3 is 2.50 bits per heavy atom. The van der Waals surface area contributed by atoms with E-state index in [1.165, 1.54) is 32.1 Å². The SMILES string of the molecule is CC(C)CC1(CNC(=O)N2CCCC(N(C)CC(=O)O)CC2)CCCC1. The monoisotopic (exact) mass is 367 g/mol. The summed E-state index contributed by atoms with van der Waals surface area (Å²) in [6.07, 6.45) is 8.93. The number of hydrogen-bond acceptors (Lipinski definition) is 3. The van der Waals surface area contributed by atoms with Gasteiger partial charge in [-0.3, -0.25) is 9.69 Å². The quantitative estimate of drug-likeness (QED) is 0.725. The van der Waals surface area contributed by atoms with Gasteiger partial charge < -0.3 is 15.3 Å². The smallest absolute Gasteiger partial charge is 0.317 e. The van der Waals surface area contributed by atoms with Crippen molar-refractivity contribution in [1.82, 2.24) is 15.1 Å². The van der Waals surface area contributed by atoms with Gasteiger partial charge in [0.1, 0.15) is 0 Å². The summed E-state index contributed by atoms with van der Waals surface area (Å²) < 4.78 is 0. The number of urea groups is 1. The fourth-order valence-electron chi connectivity index (χ4n) is 4.88. The molecular weight excluding hydrogens is 330 g/mol. The summed E-state index contributed by atoms with van der Waals surface area (Å²) >= 11 is 0. The van der Waals surface area contributed by atoms with E-state index < -0.39 is 5.97 Å². The number of carboxylic acids is 1. The molecule has 6 heteroatoms. The number of carboxylic acid groups (broad SMARTS) is 1. The van der Waals surface area contributed by atoms with Gasteiger partial charge in [-0.05, 0) is 56.9 Å². The largest absolute Gasteiger partial charge is 0.480 e. The minimum Gasteiger partial charge on any atom is -0.480 e. The number of carbonyl (C=O) groups excluding carboxylic acids is 1. The zero-order valence-corrected chi connectivity index (χ0v) is 16.8. The van der Waals surface area contributed by atoms with E-state index >= 15 is 0 Å². The van der Waals surface area contributed by atoms with Crippen LogP contribution >= 0.6 is 0 Å². The summed E-state index contributed by atoms with van der Waals surface area (Å²) in [5.74, 6) is -0.132. The lowest BCUT2D eigenvalue weighted by Crippen LogP contribution is -2.45. The van der Waals surface area contributed by atoms with Gasteiger partial charge in [-0.1, -0.05) is 26.7 Å². The molecule has 0 aromatic rings. The standard InChI is InChI=1S/C20H37N3O3/c1-16(2)13-20(9-4-5-10-20)15-21-19(26)23-11-6-7-17(8-12-23)22(3)14-18(24)25/h16-17H,4-15H2,1-3H3,(H,21,26)(H,24,25). The zero-order chi connectivity index (χ0) is 19.2. The summed E-state index contributed by atoms with van der Waals surface area (Å²) in [5, 5.41) is 12.2. The molecule has 0 spiro atoms. The van der Waals surface area contributed by atoms with Crippen molar-refractivity contribution in [1.29, 1.82) is 0 Å². The molecule has 1 aliphatic carbocycles. The van der Waals surface area contributed by atoms with Gasteiger partial charge in [0.25, 0.3) is 0 Å². The van der Waals surface area contributed by atoms with E-state index in [1.54, 1.807) is 0 Å². The molecule has 0 aromatic carbocycles. The normalized spacial score (nSPS) is 23.3. The van der Waals surface area contributed by atoms with Crippen molar-refractivity contribution in [2.75, 3.05) is 33.2 Å². The third-order valence-corrected chi connectivity index (χ3v) is 6.11. The summed E-state index contributed by atoms with van der Waals surface area (Å²) in [6, 6.07) is 0.299. The van der Waals surface area contributed by atoms with Crippen LogP contribution in [0.3, 0.4) is 0 Å². The zero-order valence-electron chi connectivity index (χ0n) is 16.8. The number of carbonyl (C=O) groups is 2. The maximum absolute atomic E-state index is 12.7. The van der Waals surface area contributed by atoms with Crippen molar-refractivity contribution in [3.8, 4) is 0 Å². The van der Waals surface area contributed by atoms with Crippen LogP contribution in [0.2, 0.25) is 0 Å². The number of rotatable bonds is 7. The topological polar surface area (TPSA) is 72.9 Å². The molecule has 2 fully saturated rings. The second-order valence-electron chi connectivity index (χ2n) is 8.84. The predicted octanol–water partition coefficient (Wildman–Crippen LogP) is 3.17. The molecule has 2 N–H and O–H groups in total. The third-order valence-electron chi connectivity index (χ3n) is 6.11. The highest BCUT2D eigenvalue weighted by Gasteiger charge is 2.35. The molecular formula is C20H37N3O3. The highest BCUT2D eigenvalue weighted by Crippen LogP contribution is 2.42. The molecule has 26 heavy (non-hydrogen) atoms. The van der Waals surface area contributed by atoms with E-state index in [2.05, 4.69) is 19.2 Å². The van der Waals surface area contributed by atoms with E-state index in [-0.39, 0.29) is 18.6 Å². The summed E-state index contributed by atoms with van der Waals surface area (Å²) in [4.78, 5) is 27.4. The van der Waals surface area contributed by atoms with Crippen LogP contribution < -0.4 is 5.32 Å². The maximum atomic E-state index is 12.7. The van der Waals surface area contributed by atoms with Crippen LogP contribution in [0, 0.1) is 11.3 Å². The molecule has 2 amide bonds. The van der Waals surface area contributed by atoms with E-state index in [0.717, 1.165) is 32.4 Å². The maximum Gasteiger partial charge on any atom is 0.317 e. The number of likely N-dealkylation sites (tertiary alicyclic amines) is 1. The Bertz CT molecular complexity index is 475. The minimum absolute atomic E-state index is 0.0570. The molecule has 1 unspecified atom stereocenters. The van der Waals surface area contributed by atoms with Gasteiger partial charge in [0.05, 0.1) is 6.54 Å². The second kappa shape index (κ2) is 9.58. The summed E-state index contributed by atoms with van der Waals surface area (Å²) in [6.45, 7) is 6.87. The Morgan fingerprint density at radius 2 is 1.88 bits per heavy atom. The molecule has 0 radical (unpaired) electrons. The van der Waals surface area contributed by atoms with Crippen LogP contribution in [0.15, 0.2) is 0 Å². The Kier molecular flexibility index (Phi) is 7.74. The Balaban J connectivity index is 1.83. The summed E-state index contributed by atoms with van der Waals surface area (Å²) in [7, 11) is 1.87. The Labute approximate surface area is 158 Å². The van der Waals surface area contributed by atoms with Gasteiger partial charge in [-0.15, -0.1) is 0 Å². The number of hydrogen-bond donors (Lipinski definition) is 2. The van der Waals surface area contributed by atoms with Crippen molar-refractivity contribution >= 4 is 12.0 Å².